The van der Waals surface area contributed by atoms with Crippen molar-refractivity contribution in [2.75, 3.05) is 40.4 Å². The average molecular weight is 645 g/mol. The lowest BCUT2D eigenvalue weighted by Gasteiger charge is -2.38. The molecule has 0 spiro atoms. The summed E-state index contributed by atoms with van der Waals surface area (Å²) in [7, 11) is 3.30. The van der Waals surface area contributed by atoms with Crippen LogP contribution in [-0.4, -0.2) is 73.0 Å². The molecule has 4 rings (SSSR count). The molecular formula is C39H56N4O4. The number of likely N-dealkylation sites (tertiary alicyclic amines) is 1. The van der Waals surface area contributed by atoms with E-state index in [1.807, 2.05) is 47.5 Å². The van der Waals surface area contributed by atoms with Gasteiger partial charge in [-0.15, -0.1) is 0 Å². The van der Waals surface area contributed by atoms with Crippen molar-refractivity contribution < 1.29 is 19.1 Å². The summed E-state index contributed by atoms with van der Waals surface area (Å²) in [6, 6.07) is 11.8. The first-order valence-corrected chi connectivity index (χ1v) is 17.7. The first kappa shape index (κ1) is 36.2. The van der Waals surface area contributed by atoms with Gasteiger partial charge < -0.3 is 24.6 Å². The van der Waals surface area contributed by atoms with Crippen LogP contribution in [0.15, 0.2) is 66.3 Å². The molecule has 1 aliphatic heterocycles. The molecule has 256 valence electrons. The summed E-state index contributed by atoms with van der Waals surface area (Å²) in [6.45, 7) is 10.9. The highest BCUT2D eigenvalue weighted by Gasteiger charge is 2.29. The predicted molar refractivity (Wildman–Crippen MR) is 188 cm³/mol. The number of ether oxygens (including phenoxy) is 2. The van der Waals surface area contributed by atoms with Gasteiger partial charge in [-0.05, 0) is 92.3 Å². The fraction of sp³-hybridized carbons (Fsp3) is 0.564. The Morgan fingerprint density at radius 2 is 1.77 bits per heavy atom. The number of amides is 2. The van der Waals surface area contributed by atoms with Crippen molar-refractivity contribution in [3.8, 4) is 0 Å². The summed E-state index contributed by atoms with van der Waals surface area (Å²) in [5.74, 6) is 2.44. The fourth-order valence-corrected chi connectivity index (χ4v) is 6.41. The van der Waals surface area contributed by atoms with E-state index in [-0.39, 0.29) is 23.8 Å². The molecule has 1 aromatic carbocycles. The molecule has 1 atom stereocenters. The van der Waals surface area contributed by atoms with Crippen molar-refractivity contribution in [1.29, 1.82) is 0 Å². The number of piperidine rings is 1. The Hall–Kier alpha value is -3.65. The Morgan fingerprint density at radius 1 is 1.02 bits per heavy atom. The van der Waals surface area contributed by atoms with E-state index in [0.717, 1.165) is 75.2 Å². The van der Waals surface area contributed by atoms with Gasteiger partial charge in [0.25, 0.3) is 11.8 Å². The number of pyridine rings is 1. The van der Waals surface area contributed by atoms with Gasteiger partial charge in [0.05, 0.1) is 14.2 Å². The smallest absolute Gasteiger partial charge is 0.272 e. The number of methoxy groups -OCH3 is 2. The first-order chi connectivity index (χ1) is 22.8. The Kier molecular flexibility index (Phi) is 14.3. The Bertz CT molecular complexity index is 1330. The van der Waals surface area contributed by atoms with E-state index in [0.29, 0.717) is 30.3 Å². The molecule has 8 nitrogen and oxygen atoms in total. The fourth-order valence-electron chi connectivity index (χ4n) is 6.41. The maximum atomic E-state index is 14.0. The third-order valence-electron chi connectivity index (χ3n) is 9.47. The van der Waals surface area contributed by atoms with E-state index in [2.05, 4.69) is 48.1 Å². The molecule has 1 aromatic heterocycles. The monoisotopic (exact) mass is 644 g/mol. The minimum atomic E-state index is -0.0960. The molecule has 2 amide bonds. The van der Waals surface area contributed by atoms with Crippen LogP contribution in [0.25, 0.3) is 0 Å². The topological polar surface area (TPSA) is 84.0 Å². The molecule has 1 unspecified atom stereocenters. The van der Waals surface area contributed by atoms with Crippen molar-refractivity contribution in [1.82, 2.24) is 20.1 Å². The number of aromatic nitrogens is 1. The standard InChI is InChI=1S/C39H56N4O4/c1-6-7-8-9-31-12-16-35(41-27-31)39(45)43(34-20-24-42(25-21-34)23-19-29(2)3)28-32-10-14-33(15-11-32)38(44)40-22-18-30-13-17-36(46-4)37(26-30)47-5/h10-17,27,29-30,34H,6-9,18-26,28H2,1-5H3,(H,40,44). The second kappa shape index (κ2) is 18.6. The van der Waals surface area contributed by atoms with Gasteiger partial charge in [0, 0.05) is 50.4 Å². The maximum Gasteiger partial charge on any atom is 0.272 e. The first-order valence-electron chi connectivity index (χ1n) is 17.7. The zero-order valence-electron chi connectivity index (χ0n) is 29.3. The number of carbonyl (C=O) groups is 2. The summed E-state index contributed by atoms with van der Waals surface area (Å²) in [5, 5.41) is 3.06. The molecule has 1 N–H and O–H groups in total. The number of rotatable bonds is 17. The van der Waals surface area contributed by atoms with Crippen LogP contribution >= 0.6 is 0 Å². The molecule has 1 aliphatic carbocycles. The number of allylic oxidation sites excluding steroid dienone is 3. The van der Waals surface area contributed by atoms with Gasteiger partial charge in [-0.3, -0.25) is 14.6 Å². The lowest BCUT2D eigenvalue weighted by Crippen LogP contribution is -2.47. The van der Waals surface area contributed by atoms with Crippen LogP contribution in [0.1, 0.15) is 104 Å². The summed E-state index contributed by atoms with van der Waals surface area (Å²) < 4.78 is 10.8. The van der Waals surface area contributed by atoms with Gasteiger partial charge in [-0.2, -0.15) is 0 Å². The number of nitrogens with zero attached hydrogens (tertiary/aromatic N) is 3. The van der Waals surface area contributed by atoms with E-state index in [1.54, 1.807) is 14.2 Å². The molecule has 0 bridgehead atoms. The summed E-state index contributed by atoms with van der Waals surface area (Å²) in [5.41, 5.74) is 3.31. The van der Waals surface area contributed by atoms with Gasteiger partial charge in [-0.25, -0.2) is 0 Å². The number of hydrogen-bond acceptors (Lipinski definition) is 6. The van der Waals surface area contributed by atoms with E-state index in [1.165, 1.54) is 24.8 Å². The highest BCUT2D eigenvalue weighted by Crippen LogP contribution is 2.27. The Labute approximate surface area is 282 Å². The minimum absolute atomic E-state index is 0.0200. The SMILES string of the molecule is CCCCCc1ccc(C(=O)N(Cc2ccc(C(=O)NCCC3C=CC(OC)=C(OC)C3)cc2)C2CCN(CCC(C)C)CC2)nc1. The number of hydrogen-bond donors (Lipinski definition) is 1. The number of carbonyl (C=O) groups excluding carboxylic acids is 2. The predicted octanol–water partition coefficient (Wildman–Crippen LogP) is 7.17. The van der Waals surface area contributed by atoms with Crippen LogP contribution in [0.2, 0.25) is 0 Å². The second-order valence-electron chi connectivity index (χ2n) is 13.5. The zero-order valence-corrected chi connectivity index (χ0v) is 29.3. The molecule has 1 fully saturated rings. The molecular weight excluding hydrogens is 588 g/mol. The number of unbranched alkanes of at least 4 members (excludes halogenated alkanes) is 2. The van der Waals surface area contributed by atoms with Crippen molar-refractivity contribution in [3.63, 3.8) is 0 Å². The third-order valence-corrected chi connectivity index (χ3v) is 9.47. The van der Waals surface area contributed by atoms with Crippen LogP contribution in [0, 0.1) is 11.8 Å². The maximum absolute atomic E-state index is 14.0. The summed E-state index contributed by atoms with van der Waals surface area (Å²) in [4.78, 5) is 36.1. The zero-order chi connectivity index (χ0) is 33.6. The summed E-state index contributed by atoms with van der Waals surface area (Å²) >= 11 is 0. The third kappa shape index (κ3) is 11.0. The van der Waals surface area contributed by atoms with Crippen molar-refractivity contribution in [2.45, 2.75) is 91.1 Å². The molecule has 47 heavy (non-hydrogen) atoms. The number of nitrogens with one attached hydrogen (secondary N) is 1. The lowest BCUT2D eigenvalue weighted by molar-refractivity contribution is 0.0540. The minimum Gasteiger partial charge on any atom is -0.497 e. The number of benzene rings is 1. The van der Waals surface area contributed by atoms with Crippen molar-refractivity contribution in [3.05, 3.63) is 88.6 Å². The van der Waals surface area contributed by atoms with Gasteiger partial charge in [0.2, 0.25) is 0 Å². The largest absolute Gasteiger partial charge is 0.497 e. The van der Waals surface area contributed by atoms with Crippen LogP contribution in [0.5, 0.6) is 0 Å². The van der Waals surface area contributed by atoms with Crippen LogP contribution in [-0.2, 0) is 22.4 Å². The molecule has 0 saturated carbocycles. The molecule has 0 radical (unpaired) electrons. The van der Waals surface area contributed by atoms with Gasteiger partial charge in [0.15, 0.2) is 5.76 Å². The second-order valence-corrected chi connectivity index (χ2v) is 13.5. The highest BCUT2D eigenvalue weighted by atomic mass is 16.5. The van der Waals surface area contributed by atoms with Crippen LogP contribution in [0.4, 0.5) is 0 Å². The molecule has 2 aliphatic rings. The van der Waals surface area contributed by atoms with E-state index in [4.69, 9.17) is 9.47 Å². The molecule has 1 saturated heterocycles. The van der Waals surface area contributed by atoms with E-state index < -0.39 is 0 Å². The summed E-state index contributed by atoms with van der Waals surface area (Å²) in [6.07, 6.45) is 15.1. The van der Waals surface area contributed by atoms with E-state index >= 15 is 0 Å². The number of aryl methyl sites for hydroxylation is 1. The highest BCUT2D eigenvalue weighted by molar-refractivity contribution is 5.94. The quantitative estimate of drug-likeness (QED) is 0.184. The van der Waals surface area contributed by atoms with Gasteiger partial charge in [0.1, 0.15) is 11.5 Å². The van der Waals surface area contributed by atoms with Gasteiger partial charge in [-0.1, -0.05) is 57.9 Å². The lowest BCUT2D eigenvalue weighted by atomic mass is 9.95. The normalized spacial score (nSPS) is 17.2. The van der Waals surface area contributed by atoms with E-state index in [9.17, 15) is 9.59 Å². The van der Waals surface area contributed by atoms with Gasteiger partial charge >= 0.3 is 0 Å². The molecule has 2 heterocycles. The molecule has 2 aromatic rings. The average Bonchev–Trinajstić information content (AvgIpc) is 3.10. The molecule has 8 heteroatoms. The Balaban J connectivity index is 1.37. The Morgan fingerprint density at radius 3 is 2.40 bits per heavy atom. The van der Waals surface area contributed by atoms with Crippen molar-refractivity contribution >= 4 is 11.8 Å². The van der Waals surface area contributed by atoms with Crippen LogP contribution < -0.4 is 5.32 Å². The van der Waals surface area contributed by atoms with Crippen molar-refractivity contribution in [2.24, 2.45) is 11.8 Å². The van der Waals surface area contributed by atoms with Crippen LogP contribution in [0.3, 0.4) is 0 Å².